The maximum atomic E-state index is 11.9. The van der Waals surface area contributed by atoms with Crippen molar-refractivity contribution in [1.29, 1.82) is 0 Å². The van der Waals surface area contributed by atoms with E-state index < -0.39 is 0 Å². The summed E-state index contributed by atoms with van der Waals surface area (Å²) in [5.74, 6) is 2.71. The van der Waals surface area contributed by atoms with E-state index in [2.05, 4.69) is 61.6 Å². The lowest BCUT2D eigenvalue weighted by molar-refractivity contribution is 0.236. The number of benzene rings is 1. The molecule has 0 spiro atoms. The molecule has 1 aliphatic rings. The highest BCUT2D eigenvalue weighted by molar-refractivity contribution is 7.98. The third-order valence-electron chi connectivity index (χ3n) is 5.07. The SMILES string of the molecule is Cc1ccc(CSCCNC(=O)NCCCN2CCN(c3ncccn3)CC2)cc1. The van der Waals surface area contributed by atoms with Gasteiger partial charge >= 0.3 is 6.03 Å². The Balaban J connectivity index is 1.17. The van der Waals surface area contributed by atoms with Gasteiger partial charge in [0.1, 0.15) is 0 Å². The number of carbonyl (C=O) groups is 1. The molecule has 0 radical (unpaired) electrons. The molecule has 1 aromatic carbocycles. The monoisotopic (exact) mass is 428 g/mol. The highest BCUT2D eigenvalue weighted by Crippen LogP contribution is 2.12. The number of aryl methyl sites for hydroxylation is 1. The van der Waals surface area contributed by atoms with Crippen LogP contribution >= 0.6 is 11.8 Å². The zero-order valence-electron chi connectivity index (χ0n) is 17.7. The van der Waals surface area contributed by atoms with Crippen molar-refractivity contribution in [2.24, 2.45) is 0 Å². The van der Waals surface area contributed by atoms with Gasteiger partial charge in [-0.25, -0.2) is 14.8 Å². The van der Waals surface area contributed by atoms with E-state index in [0.29, 0.717) is 13.1 Å². The summed E-state index contributed by atoms with van der Waals surface area (Å²) in [5, 5.41) is 5.89. The van der Waals surface area contributed by atoms with Crippen molar-refractivity contribution >= 4 is 23.7 Å². The summed E-state index contributed by atoms with van der Waals surface area (Å²) in [5.41, 5.74) is 2.61. The van der Waals surface area contributed by atoms with E-state index in [9.17, 15) is 4.79 Å². The molecule has 1 saturated heterocycles. The Labute approximate surface area is 183 Å². The molecule has 0 bridgehead atoms. The Hall–Kier alpha value is -2.32. The molecule has 0 atom stereocenters. The Morgan fingerprint density at radius 1 is 1.03 bits per heavy atom. The number of nitrogens with zero attached hydrogens (tertiary/aromatic N) is 4. The number of aromatic nitrogens is 2. The van der Waals surface area contributed by atoms with E-state index in [1.165, 1.54) is 11.1 Å². The molecular formula is C22H32N6OS. The fraction of sp³-hybridized carbons (Fsp3) is 0.500. The molecular weight excluding hydrogens is 396 g/mol. The minimum absolute atomic E-state index is 0.0722. The lowest BCUT2D eigenvalue weighted by atomic mass is 10.2. The number of amides is 2. The summed E-state index contributed by atoms with van der Waals surface area (Å²) in [6, 6.07) is 10.4. The van der Waals surface area contributed by atoms with Gasteiger partial charge in [-0.3, -0.25) is 4.90 Å². The summed E-state index contributed by atoms with van der Waals surface area (Å²) in [6.45, 7) is 8.37. The summed E-state index contributed by atoms with van der Waals surface area (Å²) >= 11 is 1.84. The second kappa shape index (κ2) is 12.4. The molecule has 1 fully saturated rings. The van der Waals surface area contributed by atoms with Crippen molar-refractivity contribution in [2.75, 3.05) is 56.5 Å². The van der Waals surface area contributed by atoms with Gasteiger partial charge in [0.2, 0.25) is 5.95 Å². The smallest absolute Gasteiger partial charge is 0.314 e. The van der Waals surface area contributed by atoms with Gasteiger partial charge in [0.05, 0.1) is 0 Å². The quantitative estimate of drug-likeness (QED) is 0.567. The van der Waals surface area contributed by atoms with Crippen molar-refractivity contribution in [2.45, 2.75) is 19.1 Å². The lowest BCUT2D eigenvalue weighted by Crippen LogP contribution is -2.47. The molecule has 2 aromatic rings. The zero-order chi connectivity index (χ0) is 21.0. The Bertz CT molecular complexity index is 750. The van der Waals surface area contributed by atoms with Crippen molar-refractivity contribution in [3.8, 4) is 0 Å². The van der Waals surface area contributed by atoms with Crippen LogP contribution in [0.15, 0.2) is 42.7 Å². The van der Waals surface area contributed by atoms with Gasteiger partial charge in [0.15, 0.2) is 0 Å². The van der Waals surface area contributed by atoms with Gasteiger partial charge in [-0.2, -0.15) is 11.8 Å². The van der Waals surface area contributed by atoms with Crippen LogP contribution in [0, 0.1) is 6.92 Å². The molecule has 30 heavy (non-hydrogen) atoms. The predicted octanol–water partition coefficient (Wildman–Crippen LogP) is 2.53. The number of urea groups is 1. The van der Waals surface area contributed by atoms with Crippen molar-refractivity contribution < 1.29 is 4.79 Å². The van der Waals surface area contributed by atoms with E-state index in [0.717, 1.165) is 56.6 Å². The molecule has 162 valence electrons. The topological polar surface area (TPSA) is 73.4 Å². The highest BCUT2D eigenvalue weighted by atomic mass is 32.2. The number of thioether (sulfide) groups is 1. The number of carbonyl (C=O) groups excluding carboxylic acids is 1. The zero-order valence-corrected chi connectivity index (χ0v) is 18.5. The number of rotatable bonds is 10. The first-order valence-corrected chi connectivity index (χ1v) is 11.8. The average molecular weight is 429 g/mol. The van der Waals surface area contributed by atoms with Crippen LogP contribution in [0.1, 0.15) is 17.5 Å². The molecule has 1 aromatic heterocycles. The molecule has 2 heterocycles. The van der Waals surface area contributed by atoms with E-state index in [1.54, 1.807) is 12.4 Å². The number of hydrogen-bond donors (Lipinski definition) is 2. The standard InChI is InChI=1S/C22H32N6OS/c1-19-4-6-20(7-5-19)18-30-17-11-26-22(29)25-10-3-12-27-13-15-28(16-14-27)21-23-8-2-9-24-21/h2,4-9H,3,10-18H2,1H3,(H2,25,26,29). The van der Waals surface area contributed by atoms with Gasteiger partial charge in [-0.05, 0) is 31.5 Å². The normalized spacial score (nSPS) is 14.5. The third-order valence-corrected chi connectivity index (χ3v) is 6.10. The Morgan fingerprint density at radius 3 is 2.47 bits per heavy atom. The van der Waals surface area contributed by atoms with Crippen LogP contribution in [0.25, 0.3) is 0 Å². The molecule has 2 amide bonds. The number of hydrogen-bond acceptors (Lipinski definition) is 6. The van der Waals surface area contributed by atoms with Gasteiger partial charge in [0, 0.05) is 63.2 Å². The summed E-state index contributed by atoms with van der Waals surface area (Å²) < 4.78 is 0. The largest absolute Gasteiger partial charge is 0.338 e. The first-order chi connectivity index (χ1) is 14.7. The molecule has 1 aliphatic heterocycles. The highest BCUT2D eigenvalue weighted by Gasteiger charge is 2.18. The second-order valence-corrected chi connectivity index (χ2v) is 8.56. The number of anilines is 1. The fourth-order valence-corrected chi connectivity index (χ4v) is 4.12. The minimum atomic E-state index is -0.0722. The molecule has 0 saturated carbocycles. The average Bonchev–Trinajstić information content (AvgIpc) is 2.79. The molecule has 0 unspecified atom stereocenters. The van der Waals surface area contributed by atoms with E-state index in [-0.39, 0.29) is 6.03 Å². The third kappa shape index (κ3) is 7.84. The molecule has 8 heteroatoms. The van der Waals surface area contributed by atoms with Crippen LogP contribution in [-0.2, 0) is 5.75 Å². The van der Waals surface area contributed by atoms with Gasteiger partial charge in [-0.1, -0.05) is 29.8 Å². The molecule has 3 rings (SSSR count). The molecule has 0 aliphatic carbocycles. The predicted molar refractivity (Wildman–Crippen MR) is 124 cm³/mol. The van der Waals surface area contributed by atoms with Gasteiger partial charge in [0.25, 0.3) is 0 Å². The van der Waals surface area contributed by atoms with Crippen LogP contribution in [0.5, 0.6) is 0 Å². The van der Waals surface area contributed by atoms with Crippen LogP contribution in [0.3, 0.4) is 0 Å². The van der Waals surface area contributed by atoms with Crippen LogP contribution in [0.2, 0.25) is 0 Å². The van der Waals surface area contributed by atoms with Crippen molar-refractivity contribution in [3.63, 3.8) is 0 Å². The summed E-state index contributed by atoms with van der Waals surface area (Å²) in [4.78, 5) is 25.2. The first kappa shape index (κ1) is 22.4. The van der Waals surface area contributed by atoms with E-state index >= 15 is 0 Å². The van der Waals surface area contributed by atoms with Crippen LogP contribution in [-0.4, -0.2) is 72.5 Å². The minimum Gasteiger partial charge on any atom is -0.338 e. The Morgan fingerprint density at radius 2 is 1.73 bits per heavy atom. The summed E-state index contributed by atoms with van der Waals surface area (Å²) in [7, 11) is 0. The first-order valence-electron chi connectivity index (χ1n) is 10.6. The van der Waals surface area contributed by atoms with Crippen LogP contribution in [0.4, 0.5) is 10.7 Å². The second-order valence-electron chi connectivity index (χ2n) is 7.45. The number of nitrogens with one attached hydrogen (secondary N) is 2. The van der Waals surface area contributed by atoms with E-state index in [4.69, 9.17) is 0 Å². The van der Waals surface area contributed by atoms with Gasteiger partial charge in [-0.15, -0.1) is 0 Å². The lowest BCUT2D eigenvalue weighted by Gasteiger charge is -2.34. The van der Waals surface area contributed by atoms with Crippen molar-refractivity contribution in [3.05, 3.63) is 53.9 Å². The van der Waals surface area contributed by atoms with Gasteiger partial charge < -0.3 is 15.5 Å². The fourth-order valence-electron chi connectivity index (χ4n) is 3.30. The maximum Gasteiger partial charge on any atom is 0.314 e. The summed E-state index contributed by atoms with van der Waals surface area (Å²) in [6.07, 6.45) is 4.53. The number of piperazine rings is 1. The Kier molecular flexibility index (Phi) is 9.24. The van der Waals surface area contributed by atoms with Crippen LogP contribution < -0.4 is 15.5 Å². The van der Waals surface area contributed by atoms with E-state index in [1.807, 2.05) is 17.8 Å². The van der Waals surface area contributed by atoms with Crippen molar-refractivity contribution in [1.82, 2.24) is 25.5 Å². The molecule has 2 N–H and O–H groups in total. The maximum absolute atomic E-state index is 11.9. The molecule has 7 nitrogen and oxygen atoms in total.